The van der Waals surface area contributed by atoms with Crippen molar-refractivity contribution in [3.63, 3.8) is 0 Å². The number of thiocarbonyl (C=S) groups is 1. The van der Waals surface area contributed by atoms with Crippen LogP contribution in [0, 0.1) is 0 Å². The van der Waals surface area contributed by atoms with Gasteiger partial charge >= 0.3 is 0 Å². The Labute approximate surface area is 72.4 Å². The fourth-order valence-corrected chi connectivity index (χ4v) is 1.26. The average Bonchev–Trinajstić information content (AvgIpc) is 2.36. The lowest BCUT2D eigenvalue weighted by Gasteiger charge is -1.96. The molecule has 0 aliphatic carbocycles. The summed E-state index contributed by atoms with van der Waals surface area (Å²) in [6.07, 6.45) is 3.79. The molecule has 1 aromatic heterocycles. The highest BCUT2D eigenvalue weighted by atomic mass is 32.1. The maximum absolute atomic E-state index is 5.28. The normalized spacial score (nSPS) is 10.0. The largest absolute Gasteiger partial charge is 0.469 e. The van der Waals surface area contributed by atoms with Gasteiger partial charge in [0.2, 0.25) is 0 Å². The molecule has 2 heteroatoms. The molecular formula is C9H12OS. The molecule has 0 N–H and O–H groups in total. The summed E-state index contributed by atoms with van der Waals surface area (Å²) in [5.41, 5.74) is 1.10. The zero-order valence-corrected chi connectivity index (χ0v) is 7.70. The van der Waals surface area contributed by atoms with Gasteiger partial charge in [0.1, 0.15) is 5.76 Å². The molecule has 1 nitrogen and oxygen atoms in total. The van der Waals surface area contributed by atoms with Crippen molar-refractivity contribution in [2.75, 3.05) is 0 Å². The number of aryl methyl sites for hydroxylation is 1. The van der Waals surface area contributed by atoms with Gasteiger partial charge in [-0.25, -0.2) is 0 Å². The summed E-state index contributed by atoms with van der Waals surface area (Å²) >= 11 is 5.06. The minimum Gasteiger partial charge on any atom is -0.469 e. The lowest BCUT2D eigenvalue weighted by molar-refractivity contribution is 0.505. The van der Waals surface area contributed by atoms with Crippen LogP contribution in [-0.4, -0.2) is 4.86 Å². The number of hydrogen-bond donors (Lipinski definition) is 0. The Morgan fingerprint density at radius 3 is 2.91 bits per heavy atom. The molecule has 1 aromatic rings. The monoisotopic (exact) mass is 168 g/mol. The van der Waals surface area contributed by atoms with E-state index in [1.165, 1.54) is 0 Å². The maximum atomic E-state index is 5.28. The third-order valence-electron chi connectivity index (χ3n) is 1.60. The van der Waals surface area contributed by atoms with E-state index < -0.39 is 0 Å². The van der Waals surface area contributed by atoms with E-state index in [1.54, 1.807) is 6.26 Å². The van der Waals surface area contributed by atoms with Gasteiger partial charge < -0.3 is 4.42 Å². The Kier molecular flexibility index (Phi) is 2.83. The van der Waals surface area contributed by atoms with Crippen molar-refractivity contribution in [1.29, 1.82) is 0 Å². The molecule has 0 atom stereocenters. The van der Waals surface area contributed by atoms with Crippen molar-refractivity contribution < 1.29 is 4.42 Å². The molecule has 0 saturated heterocycles. The van der Waals surface area contributed by atoms with Crippen molar-refractivity contribution in [3.05, 3.63) is 23.7 Å². The molecule has 1 heterocycles. The molecule has 0 aliphatic heterocycles. The summed E-state index contributed by atoms with van der Waals surface area (Å²) in [6, 6.07) is 1.94. The van der Waals surface area contributed by atoms with Gasteiger partial charge in [0, 0.05) is 16.8 Å². The third-order valence-corrected chi connectivity index (χ3v) is 1.82. The molecular weight excluding hydrogens is 156 g/mol. The highest BCUT2D eigenvalue weighted by Crippen LogP contribution is 2.13. The standard InChI is InChI=1S/C9H12OS/c1-3-4-9-8(7(2)11)5-6-10-9/h5-6H,3-4H2,1-2H3. The van der Waals surface area contributed by atoms with Gasteiger partial charge in [-0.05, 0) is 19.4 Å². The highest BCUT2D eigenvalue weighted by molar-refractivity contribution is 7.80. The fourth-order valence-electron chi connectivity index (χ4n) is 1.07. The Hall–Kier alpha value is -0.630. The fraction of sp³-hybridized carbons (Fsp3) is 0.444. The van der Waals surface area contributed by atoms with Crippen molar-refractivity contribution in [3.8, 4) is 0 Å². The first kappa shape index (κ1) is 8.47. The van der Waals surface area contributed by atoms with E-state index in [2.05, 4.69) is 6.92 Å². The van der Waals surface area contributed by atoms with Crippen LogP contribution in [0.25, 0.3) is 0 Å². The smallest absolute Gasteiger partial charge is 0.112 e. The second kappa shape index (κ2) is 3.67. The lowest BCUT2D eigenvalue weighted by Crippen LogP contribution is -1.92. The summed E-state index contributed by atoms with van der Waals surface area (Å²) in [5.74, 6) is 1.03. The molecule has 1 rings (SSSR count). The second-order valence-corrected chi connectivity index (χ2v) is 3.18. The molecule has 11 heavy (non-hydrogen) atoms. The molecule has 0 radical (unpaired) electrons. The SMILES string of the molecule is CCCc1occc1C(C)=S. The first-order valence-corrected chi connectivity index (χ1v) is 4.23. The number of rotatable bonds is 3. The summed E-state index contributed by atoms with van der Waals surface area (Å²) < 4.78 is 5.28. The van der Waals surface area contributed by atoms with Crippen molar-refractivity contribution >= 4 is 17.1 Å². The molecule has 0 aromatic carbocycles. The molecule has 0 saturated carbocycles. The van der Waals surface area contributed by atoms with E-state index in [-0.39, 0.29) is 0 Å². The van der Waals surface area contributed by atoms with Gasteiger partial charge in [0.05, 0.1) is 6.26 Å². The van der Waals surface area contributed by atoms with E-state index in [0.717, 1.165) is 29.0 Å². The van der Waals surface area contributed by atoms with Crippen LogP contribution in [0.4, 0.5) is 0 Å². The topological polar surface area (TPSA) is 13.1 Å². The molecule has 0 aliphatic rings. The first-order chi connectivity index (χ1) is 5.25. The Bertz CT molecular complexity index is 250. The minimum atomic E-state index is 0.919. The van der Waals surface area contributed by atoms with Gasteiger partial charge in [-0.1, -0.05) is 19.1 Å². The summed E-state index contributed by atoms with van der Waals surface area (Å²) in [6.45, 7) is 4.06. The van der Waals surface area contributed by atoms with Crippen LogP contribution < -0.4 is 0 Å². The first-order valence-electron chi connectivity index (χ1n) is 3.83. The van der Waals surface area contributed by atoms with Crippen LogP contribution in [0.1, 0.15) is 31.6 Å². The van der Waals surface area contributed by atoms with Gasteiger partial charge in [-0.2, -0.15) is 0 Å². The Morgan fingerprint density at radius 1 is 1.64 bits per heavy atom. The lowest BCUT2D eigenvalue weighted by atomic mass is 10.1. The maximum Gasteiger partial charge on any atom is 0.112 e. The third kappa shape index (κ3) is 1.90. The molecule has 60 valence electrons. The van der Waals surface area contributed by atoms with Gasteiger partial charge in [-0.15, -0.1) is 0 Å². The van der Waals surface area contributed by atoms with Crippen LogP contribution >= 0.6 is 12.2 Å². The Morgan fingerprint density at radius 2 is 2.36 bits per heavy atom. The Balaban J connectivity index is 2.87. The van der Waals surface area contributed by atoms with E-state index in [0.29, 0.717) is 0 Å². The zero-order valence-electron chi connectivity index (χ0n) is 6.89. The molecule has 0 amide bonds. The van der Waals surface area contributed by atoms with Crippen LogP contribution in [-0.2, 0) is 6.42 Å². The number of furan rings is 1. The van der Waals surface area contributed by atoms with Crippen molar-refractivity contribution in [1.82, 2.24) is 0 Å². The van der Waals surface area contributed by atoms with Gasteiger partial charge in [0.25, 0.3) is 0 Å². The van der Waals surface area contributed by atoms with Crippen LogP contribution in [0.2, 0.25) is 0 Å². The van der Waals surface area contributed by atoms with Gasteiger partial charge in [0.15, 0.2) is 0 Å². The van der Waals surface area contributed by atoms with E-state index in [1.807, 2.05) is 13.0 Å². The predicted molar refractivity (Wildman–Crippen MR) is 50.1 cm³/mol. The van der Waals surface area contributed by atoms with Crippen LogP contribution in [0.3, 0.4) is 0 Å². The van der Waals surface area contributed by atoms with E-state index in [9.17, 15) is 0 Å². The van der Waals surface area contributed by atoms with Crippen molar-refractivity contribution in [2.45, 2.75) is 26.7 Å². The second-order valence-electron chi connectivity index (χ2n) is 2.56. The van der Waals surface area contributed by atoms with E-state index >= 15 is 0 Å². The molecule has 0 unspecified atom stereocenters. The van der Waals surface area contributed by atoms with Gasteiger partial charge in [-0.3, -0.25) is 0 Å². The molecule has 0 bridgehead atoms. The average molecular weight is 168 g/mol. The summed E-state index contributed by atoms with van der Waals surface area (Å²) in [7, 11) is 0. The minimum absolute atomic E-state index is 0.919. The summed E-state index contributed by atoms with van der Waals surface area (Å²) in [5, 5.41) is 0. The van der Waals surface area contributed by atoms with Crippen LogP contribution in [0.5, 0.6) is 0 Å². The van der Waals surface area contributed by atoms with E-state index in [4.69, 9.17) is 16.6 Å². The van der Waals surface area contributed by atoms with Crippen LogP contribution in [0.15, 0.2) is 16.7 Å². The quantitative estimate of drug-likeness (QED) is 0.508. The van der Waals surface area contributed by atoms with Crippen molar-refractivity contribution in [2.24, 2.45) is 0 Å². The zero-order chi connectivity index (χ0) is 8.27. The molecule has 0 fully saturated rings. The number of hydrogen-bond acceptors (Lipinski definition) is 2. The highest BCUT2D eigenvalue weighted by Gasteiger charge is 2.05. The summed E-state index contributed by atoms with van der Waals surface area (Å²) in [4.78, 5) is 0.919. The predicted octanol–water partition coefficient (Wildman–Crippen LogP) is 2.97. The molecule has 0 spiro atoms.